The van der Waals surface area contributed by atoms with Crippen LogP contribution in [-0.4, -0.2) is 71.8 Å². The van der Waals surface area contributed by atoms with Crippen molar-refractivity contribution in [3.63, 3.8) is 0 Å². The number of carbonyl (C=O) groups excluding carboxylic acids is 2. The zero-order valence-corrected chi connectivity index (χ0v) is 16.2. The fourth-order valence-electron chi connectivity index (χ4n) is 4.46. The van der Waals surface area contributed by atoms with Crippen LogP contribution in [0.4, 0.5) is 0 Å². The van der Waals surface area contributed by atoms with Crippen molar-refractivity contribution in [1.82, 2.24) is 14.7 Å². The minimum Gasteiger partial charge on any atom is -0.341 e. The molecule has 0 spiro atoms. The third kappa shape index (κ3) is 4.70. The van der Waals surface area contributed by atoms with Gasteiger partial charge in [0.1, 0.15) is 0 Å². The lowest BCUT2D eigenvalue weighted by molar-refractivity contribution is -0.135. The van der Waals surface area contributed by atoms with Crippen LogP contribution in [-0.2, 0) is 16.0 Å². The molecule has 0 N–H and O–H groups in total. The van der Waals surface area contributed by atoms with E-state index in [0.717, 1.165) is 64.8 Å². The van der Waals surface area contributed by atoms with Gasteiger partial charge in [-0.05, 0) is 50.8 Å². The van der Waals surface area contributed by atoms with Crippen LogP contribution >= 0.6 is 0 Å². The maximum atomic E-state index is 12.9. The van der Waals surface area contributed by atoms with Crippen LogP contribution in [0.2, 0.25) is 0 Å². The fourth-order valence-corrected chi connectivity index (χ4v) is 4.46. The van der Waals surface area contributed by atoms with E-state index in [1.807, 2.05) is 9.80 Å². The van der Waals surface area contributed by atoms with Crippen LogP contribution in [0.5, 0.6) is 0 Å². The standard InChI is InChI=1S/C22H31N3O2/c26-21-16-19(17-25(21)20-9-10-20)22(27)24-13-5-12-23(14-15-24)11-4-8-18-6-2-1-3-7-18/h1-3,6-7,19-20H,4-5,8-17H2/t19-/m0/s1. The largest absolute Gasteiger partial charge is 0.341 e. The predicted molar refractivity (Wildman–Crippen MR) is 105 cm³/mol. The number of carbonyl (C=O) groups is 2. The summed E-state index contributed by atoms with van der Waals surface area (Å²) < 4.78 is 0. The molecule has 1 saturated carbocycles. The molecule has 1 atom stereocenters. The third-order valence-electron chi connectivity index (χ3n) is 6.18. The van der Waals surface area contributed by atoms with Crippen molar-refractivity contribution in [3.8, 4) is 0 Å². The Bertz CT molecular complexity index is 659. The van der Waals surface area contributed by atoms with Gasteiger partial charge in [0.2, 0.25) is 11.8 Å². The number of benzene rings is 1. The minimum atomic E-state index is -0.109. The van der Waals surface area contributed by atoms with Gasteiger partial charge >= 0.3 is 0 Å². The van der Waals surface area contributed by atoms with Crippen LogP contribution in [0, 0.1) is 5.92 Å². The summed E-state index contributed by atoms with van der Waals surface area (Å²) in [5.74, 6) is 0.286. The number of aryl methyl sites for hydroxylation is 1. The van der Waals surface area contributed by atoms with Gasteiger partial charge in [0, 0.05) is 38.6 Å². The molecule has 1 aromatic rings. The van der Waals surface area contributed by atoms with Crippen molar-refractivity contribution in [2.75, 3.05) is 39.3 Å². The lowest BCUT2D eigenvalue weighted by atomic mass is 10.1. The van der Waals surface area contributed by atoms with Crippen molar-refractivity contribution in [3.05, 3.63) is 35.9 Å². The molecule has 1 aliphatic carbocycles. The van der Waals surface area contributed by atoms with E-state index in [4.69, 9.17) is 0 Å². The molecule has 0 aromatic heterocycles. The van der Waals surface area contributed by atoms with E-state index < -0.39 is 0 Å². The normalized spacial score (nSPS) is 24.3. The first-order valence-corrected chi connectivity index (χ1v) is 10.6. The highest BCUT2D eigenvalue weighted by molar-refractivity contribution is 5.89. The molecule has 5 heteroatoms. The Balaban J connectivity index is 1.22. The van der Waals surface area contributed by atoms with Gasteiger partial charge in [-0.15, -0.1) is 0 Å². The summed E-state index contributed by atoms with van der Waals surface area (Å²) in [4.78, 5) is 31.5. The number of hydrogen-bond acceptors (Lipinski definition) is 3. The summed E-state index contributed by atoms with van der Waals surface area (Å²) in [6.07, 6.45) is 5.96. The summed E-state index contributed by atoms with van der Waals surface area (Å²) in [6.45, 7) is 5.40. The molecular formula is C22H31N3O2. The second kappa shape index (κ2) is 8.42. The Labute approximate surface area is 162 Å². The van der Waals surface area contributed by atoms with E-state index in [1.165, 1.54) is 5.56 Å². The van der Waals surface area contributed by atoms with Crippen LogP contribution in [0.3, 0.4) is 0 Å². The monoisotopic (exact) mass is 369 g/mol. The molecule has 27 heavy (non-hydrogen) atoms. The summed E-state index contributed by atoms with van der Waals surface area (Å²) in [6, 6.07) is 11.1. The highest BCUT2D eigenvalue weighted by atomic mass is 16.2. The van der Waals surface area contributed by atoms with Crippen molar-refractivity contribution in [2.24, 2.45) is 5.92 Å². The first-order valence-electron chi connectivity index (χ1n) is 10.6. The topological polar surface area (TPSA) is 43.9 Å². The van der Waals surface area contributed by atoms with Gasteiger partial charge in [0.05, 0.1) is 5.92 Å². The highest BCUT2D eigenvalue weighted by Gasteiger charge is 2.42. The zero-order valence-electron chi connectivity index (χ0n) is 16.2. The molecule has 5 nitrogen and oxygen atoms in total. The third-order valence-corrected chi connectivity index (χ3v) is 6.18. The molecule has 2 aliphatic heterocycles. The molecule has 0 radical (unpaired) electrons. The Morgan fingerprint density at radius 3 is 2.63 bits per heavy atom. The highest BCUT2D eigenvalue weighted by Crippen LogP contribution is 2.33. The van der Waals surface area contributed by atoms with Gasteiger partial charge in [0.15, 0.2) is 0 Å². The maximum absolute atomic E-state index is 12.9. The van der Waals surface area contributed by atoms with Crippen molar-refractivity contribution >= 4 is 11.8 Å². The summed E-state index contributed by atoms with van der Waals surface area (Å²) in [5, 5.41) is 0. The Kier molecular flexibility index (Phi) is 5.77. The average Bonchev–Trinajstić information content (AvgIpc) is 3.48. The molecule has 146 valence electrons. The Morgan fingerprint density at radius 1 is 1.04 bits per heavy atom. The fraction of sp³-hybridized carbons (Fsp3) is 0.636. The van der Waals surface area contributed by atoms with E-state index >= 15 is 0 Å². The van der Waals surface area contributed by atoms with E-state index in [1.54, 1.807) is 0 Å². The first-order chi connectivity index (χ1) is 13.2. The smallest absolute Gasteiger partial charge is 0.228 e. The number of hydrogen-bond donors (Lipinski definition) is 0. The lowest BCUT2D eigenvalue weighted by Crippen LogP contribution is -2.40. The van der Waals surface area contributed by atoms with E-state index in [9.17, 15) is 9.59 Å². The quantitative estimate of drug-likeness (QED) is 0.772. The van der Waals surface area contributed by atoms with Crippen molar-refractivity contribution < 1.29 is 9.59 Å². The van der Waals surface area contributed by atoms with Gasteiger partial charge in [-0.2, -0.15) is 0 Å². The number of amides is 2. The predicted octanol–water partition coefficient (Wildman–Crippen LogP) is 2.16. The maximum Gasteiger partial charge on any atom is 0.228 e. The van der Waals surface area contributed by atoms with E-state index in [-0.39, 0.29) is 17.7 Å². The molecule has 1 aromatic carbocycles. The molecule has 2 heterocycles. The number of rotatable bonds is 6. The number of likely N-dealkylation sites (tertiary alicyclic amines) is 1. The molecule has 0 bridgehead atoms. The second-order valence-electron chi connectivity index (χ2n) is 8.29. The molecule has 2 saturated heterocycles. The molecule has 3 aliphatic rings. The van der Waals surface area contributed by atoms with Crippen LogP contribution in [0.1, 0.15) is 37.7 Å². The van der Waals surface area contributed by atoms with Gasteiger partial charge < -0.3 is 14.7 Å². The first kappa shape index (κ1) is 18.5. The van der Waals surface area contributed by atoms with Gasteiger partial charge in [0.25, 0.3) is 0 Å². The SMILES string of the molecule is O=C([C@H]1CC(=O)N(C2CC2)C1)N1CCCN(CCCc2ccccc2)CC1. The zero-order chi connectivity index (χ0) is 18.6. The number of nitrogens with zero attached hydrogens (tertiary/aromatic N) is 3. The lowest BCUT2D eigenvalue weighted by Gasteiger charge is -2.24. The Morgan fingerprint density at radius 2 is 1.85 bits per heavy atom. The summed E-state index contributed by atoms with van der Waals surface area (Å²) in [7, 11) is 0. The molecular weight excluding hydrogens is 338 g/mol. The van der Waals surface area contributed by atoms with Gasteiger partial charge in [-0.25, -0.2) is 0 Å². The molecule has 4 rings (SSSR count). The summed E-state index contributed by atoms with van der Waals surface area (Å²) in [5.41, 5.74) is 1.40. The van der Waals surface area contributed by atoms with Gasteiger partial charge in [-0.1, -0.05) is 30.3 Å². The average molecular weight is 370 g/mol. The van der Waals surface area contributed by atoms with Crippen molar-refractivity contribution in [1.29, 1.82) is 0 Å². The summed E-state index contributed by atoms with van der Waals surface area (Å²) >= 11 is 0. The molecule has 3 fully saturated rings. The van der Waals surface area contributed by atoms with Crippen LogP contribution in [0.15, 0.2) is 30.3 Å². The minimum absolute atomic E-state index is 0.109. The van der Waals surface area contributed by atoms with Gasteiger partial charge in [-0.3, -0.25) is 9.59 Å². The molecule has 0 unspecified atom stereocenters. The van der Waals surface area contributed by atoms with Crippen LogP contribution in [0.25, 0.3) is 0 Å². The van der Waals surface area contributed by atoms with Crippen molar-refractivity contribution in [2.45, 2.75) is 44.6 Å². The molecule has 2 amide bonds. The Hall–Kier alpha value is -1.88. The van der Waals surface area contributed by atoms with E-state index in [0.29, 0.717) is 19.0 Å². The van der Waals surface area contributed by atoms with Crippen LogP contribution < -0.4 is 0 Å². The second-order valence-corrected chi connectivity index (χ2v) is 8.29. The van der Waals surface area contributed by atoms with E-state index in [2.05, 4.69) is 35.2 Å².